The minimum absolute atomic E-state index is 0.168. The number of halogens is 3. The standard InChI is InChI=1S/C9H4Cl2FN3/c10-8-2-7(14-4-15-8)5-1-6(12)9(11)13-3-5/h1-4H. The minimum atomic E-state index is -0.594. The predicted octanol–water partition coefficient (Wildman–Crippen LogP) is 2.98. The largest absolute Gasteiger partial charge is 0.241 e. The van der Waals surface area contributed by atoms with Crippen LogP contribution in [0.15, 0.2) is 24.7 Å². The molecule has 0 N–H and O–H groups in total. The number of hydrogen-bond acceptors (Lipinski definition) is 3. The van der Waals surface area contributed by atoms with Crippen LogP contribution in [0.1, 0.15) is 0 Å². The van der Waals surface area contributed by atoms with Crippen molar-refractivity contribution in [3.05, 3.63) is 40.8 Å². The molecule has 0 saturated carbocycles. The molecule has 0 radical (unpaired) electrons. The summed E-state index contributed by atoms with van der Waals surface area (Å²) in [6.07, 6.45) is 2.72. The van der Waals surface area contributed by atoms with Gasteiger partial charge in [0.1, 0.15) is 11.5 Å². The predicted molar refractivity (Wildman–Crippen MR) is 55.2 cm³/mol. The number of aromatic nitrogens is 3. The number of nitrogens with zero attached hydrogens (tertiary/aromatic N) is 3. The van der Waals surface area contributed by atoms with Gasteiger partial charge in [-0.1, -0.05) is 23.2 Å². The molecule has 0 bridgehead atoms. The second-order valence-electron chi connectivity index (χ2n) is 2.72. The fraction of sp³-hybridized carbons (Fsp3) is 0. The second kappa shape index (κ2) is 4.08. The monoisotopic (exact) mass is 243 g/mol. The molecule has 0 saturated heterocycles. The topological polar surface area (TPSA) is 38.7 Å². The summed E-state index contributed by atoms with van der Waals surface area (Å²) in [6.45, 7) is 0. The molecule has 2 aromatic heterocycles. The van der Waals surface area contributed by atoms with E-state index in [1.165, 1.54) is 24.7 Å². The maximum atomic E-state index is 13.1. The van der Waals surface area contributed by atoms with E-state index in [-0.39, 0.29) is 10.3 Å². The van der Waals surface area contributed by atoms with Gasteiger partial charge in [0, 0.05) is 17.8 Å². The zero-order valence-corrected chi connectivity index (χ0v) is 8.80. The van der Waals surface area contributed by atoms with Crippen LogP contribution >= 0.6 is 23.2 Å². The number of pyridine rings is 1. The van der Waals surface area contributed by atoms with Crippen molar-refractivity contribution in [3.8, 4) is 11.3 Å². The van der Waals surface area contributed by atoms with E-state index in [1.54, 1.807) is 0 Å². The highest BCUT2D eigenvalue weighted by Crippen LogP contribution is 2.21. The van der Waals surface area contributed by atoms with E-state index in [0.29, 0.717) is 11.3 Å². The van der Waals surface area contributed by atoms with Crippen LogP contribution in [0, 0.1) is 5.82 Å². The van der Waals surface area contributed by atoms with Crippen LogP contribution in [-0.4, -0.2) is 15.0 Å². The summed E-state index contributed by atoms with van der Waals surface area (Å²) in [5.74, 6) is -0.594. The lowest BCUT2D eigenvalue weighted by Gasteiger charge is -2.00. The third kappa shape index (κ3) is 2.22. The summed E-state index contributed by atoms with van der Waals surface area (Å²) in [5, 5.41) is 0.120. The highest BCUT2D eigenvalue weighted by molar-refractivity contribution is 6.30. The lowest BCUT2D eigenvalue weighted by atomic mass is 10.2. The van der Waals surface area contributed by atoms with Gasteiger partial charge in [-0.25, -0.2) is 19.3 Å². The summed E-state index contributed by atoms with van der Waals surface area (Å²) in [4.78, 5) is 11.3. The first kappa shape index (κ1) is 10.3. The summed E-state index contributed by atoms with van der Waals surface area (Å²) < 4.78 is 13.1. The summed E-state index contributed by atoms with van der Waals surface area (Å²) in [5.41, 5.74) is 0.999. The average Bonchev–Trinajstić information content (AvgIpc) is 2.22. The van der Waals surface area contributed by atoms with Gasteiger partial charge in [-0.15, -0.1) is 0 Å². The Balaban J connectivity index is 2.50. The van der Waals surface area contributed by atoms with Crippen molar-refractivity contribution < 1.29 is 4.39 Å². The maximum absolute atomic E-state index is 13.1. The van der Waals surface area contributed by atoms with E-state index in [1.807, 2.05) is 0 Å². The third-order valence-electron chi connectivity index (χ3n) is 1.73. The van der Waals surface area contributed by atoms with Crippen molar-refractivity contribution in [2.45, 2.75) is 0 Å². The number of hydrogen-bond donors (Lipinski definition) is 0. The molecule has 0 unspecified atom stereocenters. The summed E-state index contributed by atoms with van der Waals surface area (Å²) in [6, 6.07) is 2.76. The van der Waals surface area contributed by atoms with Crippen LogP contribution < -0.4 is 0 Å². The van der Waals surface area contributed by atoms with E-state index >= 15 is 0 Å². The zero-order valence-electron chi connectivity index (χ0n) is 7.28. The van der Waals surface area contributed by atoms with E-state index in [9.17, 15) is 4.39 Å². The van der Waals surface area contributed by atoms with Gasteiger partial charge in [0.15, 0.2) is 11.0 Å². The van der Waals surface area contributed by atoms with Crippen molar-refractivity contribution in [1.29, 1.82) is 0 Å². The van der Waals surface area contributed by atoms with Gasteiger partial charge < -0.3 is 0 Å². The SMILES string of the molecule is Fc1cc(-c2cc(Cl)ncn2)cnc1Cl. The summed E-state index contributed by atoms with van der Waals surface area (Å²) >= 11 is 11.1. The molecular weight excluding hydrogens is 240 g/mol. The Morgan fingerprint density at radius 2 is 1.87 bits per heavy atom. The van der Waals surface area contributed by atoms with E-state index in [4.69, 9.17) is 23.2 Å². The first-order chi connectivity index (χ1) is 7.16. The molecule has 2 aromatic rings. The average molecular weight is 244 g/mol. The smallest absolute Gasteiger partial charge is 0.164 e. The lowest BCUT2D eigenvalue weighted by Crippen LogP contribution is -1.89. The molecule has 15 heavy (non-hydrogen) atoms. The minimum Gasteiger partial charge on any atom is -0.241 e. The molecule has 0 fully saturated rings. The molecule has 0 aromatic carbocycles. The van der Waals surface area contributed by atoms with Gasteiger partial charge in [-0.05, 0) is 6.07 Å². The van der Waals surface area contributed by atoms with E-state index in [0.717, 1.165) is 0 Å². The summed E-state index contributed by atoms with van der Waals surface area (Å²) in [7, 11) is 0. The molecule has 76 valence electrons. The Morgan fingerprint density at radius 1 is 1.07 bits per heavy atom. The molecule has 2 rings (SSSR count). The van der Waals surface area contributed by atoms with Crippen molar-refractivity contribution >= 4 is 23.2 Å². The van der Waals surface area contributed by atoms with Crippen molar-refractivity contribution in [1.82, 2.24) is 15.0 Å². The van der Waals surface area contributed by atoms with E-state index in [2.05, 4.69) is 15.0 Å². The van der Waals surface area contributed by atoms with E-state index < -0.39 is 5.82 Å². The fourth-order valence-electron chi connectivity index (χ4n) is 1.05. The first-order valence-electron chi connectivity index (χ1n) is 3.96. The van der Waals surface area contributed by atoms with Crippen LogP contribution in [0.25, 0.3) is 11.3 Å². The Morgan fingerprint density at radius 3 is 2.53 bits per heavy atom. The molecule has 2 heterocycles. The van der Waals surface area contributed by atoms with Crippen LogP contribution in [0.2, 0.25) is 10.3 Å². The fourth-order valence-corrected chi connectivity index (χ4v) is 1.30. The lowest BCUT2D eigenvalue weighted by molar-refractivity contribution is 0.622. The molecule has 3 nitrogen and oxygen atoms in total. The molecular formula is C9H4Cl2FN3. The molecule has 0 aliphatic heterocycles. The van der Waals surface area contributed by atoms with Gasteiger partial charge in [0.05, 0.1) is 5.69 Å². The Bertz CT molecular complexity index is 504. The molecule has 0 amide bonds. The normalized spacial score (nSPS) is 10.3. The Hall–Kier alpha value is -1.26. The van der Waals surface area contributed by atoms with Crippen molar-refractivity contribution in [2.24, 2.45) is 0 Å². The highest BCUT2D eigenvalue weighted by atomic mass is 35.5. The molecule has 6 heteroatoms. The van der Waals surface area contributed by atoms with Crippen molar-refractivity contribution in [3.63, 3.8) is 0 Å². The zero-order chi connectivity index (χ0) is 10.8. The van der Waals surface area contributed by atoms with Crippen LogP contribution in [0.3, 0.4) is 0 Å². The quantitative estimate of drug-likeness (QED) is 0.571. The van der Waals surface area contributed by atoms with Crippen molar-refractivity contribution in [2.75, 3.05) is 0 Å². The van der Waals surface area contributed by atoms with Crippen LogP contribution in [-0.2, 0) is 0 Å². The van der Waals surface area contributed by atoms with Gasteiger partial charge in [0.25, 0.3) is 0 Å². The van der Waals surface area contributed by atoms with Gasteiger partial charge in [-0.3, -0.25) is 0 Å². The second-order valence-corrected chi connectivity index (χ2v) is 3.47. The van der Waals surface area contributed by atoms with Crippen LogP contribution in [0.4, 0.5) is 4.39 Å². The molecule has 0 atom stereocenters. The first-order valence-corrected chi connectivity index (χ1v) is 4.71. The van der Waals surface area contributed by atoms with Gasteiger partial charge in [-0.2, -0.15) is 0 Å². The molecule has 0 spiro atoms. The van der Waals surface area contributed by atoms with Crippen LogP contribution in [0.5, 0.6) is 0 Å². The Kier molecular flexibility index (Phi) is 2.79. The van der Waals surface area contributed by atoms with Gasteiger partial charge >= 0.3 is 0 Å². The van der Waals surface area contributed by atoms with Gasteiger partial charge in [0.2, 0.25) is 0 Å². The maximum Gasteiger partial charge on any atom is 0.164 e. The molecule has 0 aliphatic rings. The Labute approximate surface area is 94.9 Å². The highest BCUT2D eigenvalue weighted by Gasteiger charge is 2.06. The number of rotatable bonds is 1. The third-order valence-corrected chi connectivity index (χ3v) is 2.21. The molecule has 0 aliphatic carbocycles.